The summed E-state index contributed by atoms with van der Waals surface area (Å²) in [5.41, 5.74) is 0. The first-order valence-corrected chi connectivity index (χ1v) is 6.40. The maximum Gasteiger partial charge on any atom is 0.469 e. The second-order valence-corrected chi connectivity index (χ2v) is 5.09. The maximum atomic E-state index is 10.5. The average molecular weight is 290 g/mol. The predicted octanol–water partition coefficient (Wildman–Crippen LogP) is -3.74. The van der Waals surface area contributed by atoms with Crippen LogP contribution in [0.2, 0.25) is 0 Å². The van der Waals surface area contributed by atoms with Crippen molar-refractivity contribution in [2.24, 2.45) is 0 Å². The molecule has 1 aliphatic heterocycles. The lowest BCUT2D eigenvalue weighted by atomic mass is 9.92. The van der Waals surface area contributed by atoms with Crippen molar-refractivity contribution < 1.29 is 49.1 Å². The Hall–Kier alpha value is -0.130. The number of ether oxygens (including phenoxy) is 1. The van der Waals surface area contributed by atoms with E-state index in [1.54, 1.807) is 0 Å². The quantitative estimate of drug-likeness (QED) is 0.201. The highest BCUT2D eigenvalue weighted by Gasteiger charge is 2.54. The van der Waals surface area contributed by atoms with Gasteiger partial charge in [-0.3, -0.25) is 4.52 Å². The van der Waals surface area contributed by atoms with E-state index in [0.29, 0.717) is 0 Å². The van der Waals surface area contributed by atoms with E-state index in [4.69, 9.17) is 19.6 Å². The first-order valence-electron chi connectivity index (χ1n) is 4.87. The van der Waals surface area contributed by atoms with Gasteiger partial charge < -0.3 is 40.1 Å². The maximum absolute atomic E-state index is 10.5. The molecule has 3 unspecified atom stereocenters. The van der Waals surface area contributed by atoms with Crippen LogP contribution in [0.25, 0.3) is 0 Å². The fourth-order valence-corrected chi connectivity index (χ4v) is 1.84. The molecule has 0 aromatic carbocycles. The van der Waals surface area contributed by atoms with Crippen LogP contribution < -0.4 is 0 Å². The van der Waals surface area contributed by atoms with Crippen LogP contribution in [0, 0.1) is 0 Å². The number of hydrogen-bond acceptors (Lipinski definition) is 8. The Morgan fingerprint density at radius 1 is 1.28 bits per heavy atom. The van der Waals surface area contributed by atoms with E-state index < -0.39 is 51.2 Å². The molecule has 7 N–H and O–H groups in total. The molecule has 0 aromatic rings. The zero-order valence-corrected chi connectivity index (χ0v) is 9.92. The minimum absolute atomic E-state index is 0.735. The lowest BCUT2D eigenvalue weighted by molar-refractivity contribution is -0.353. The summed E-state index contributed by atoms with van der Waals surface area (Å²) in [4.78, 5) is 16.9. The summed E-state index contributed by atoms with van der Waals surface area (Å²) < 4.78 is 19.3. The van der Waals surface area contributed by atoms with Crippen LogP contribution in [0.4, 0.5) is 0 Å². The van der Waals surface area contributed by atoms with E-state index in [0.717, 1.165) is 0 Å². The van der Waals surface area contributed by atoms with Gasteiger partial charge in [0.2, 0.25) is 5.79 Å². The van der Waals surface area contributed by atoms with Crippen LogP contribution >= 0.6 is 7.82 Å². The minimum atomic E-state index is -4.86. The molecule has 0 bridgehead atoms. The number of phosphoric ester groups is 1. The summed E-state index contributed by atoms with van der Waals surface area (Å²) in [6.07, 6.45) is -6.94. The largest absolute Gasteiger partial charge is 0.469 e. The van der Waals surface area contributed by atoms with E-state index in [-0.39, 0.29) is 0 Å². The van der Waals surface area contributed by atoms with Crippen molar-refractivity contribution in [3.8, 4) is 0 Å². The molecule has 0 aromatic heterocycles. The van der Waals surface area contributed by atoms with Crippen molar-refractivity contribution in [1.29, 1.82) is 0 Å². The first kappa shape index (κ1) is 15.9. The van der Waals surface area contributed by atoms with Crippen molar-refractivity contribution in [3.05, 3.63) is 0 Å². The van der Waals surface area contributed by atoms with Crippen molar-refractivity contribution >= 4 is 7.82 Å². The second kappa shape index (κ2) is 5.47. The van der Waals surface area contributed by atoms with E-state index in [9.17, 15) is 25.0 Å². The predicted molar refractivity (Wildman–Crippen MR) is 52.9 cm³/mol. The third-order valence-corrected chi connectivity index (χ3v) is 3.01. The van der Waals surface area contributed by atoms with Gasteiger partial charge >= 0.3 is 7.82 Å². The van der Waals surface area contributed by atoms with Gasteiger partial charge in [0, 0.05) is 0 Å². The van der Waals surface area contributed by atoms with E-state index in [1.807, 2.05) is 0 Å². The van der Waals surface area contributed by atoms with Gasteiger partial charge in [-0.15, -0.1) is 0 Å². The van der Waals surface area contributed by atoms with Gasteiger partial charge in [-0.1, -0.05) is 0 Å². The normalized spacial score (nSPS) is 36.6. The Labute approximate surface area is 101 Å². The standard InChI is InChI=1S/C7H15O10P/c8-1-3-5(9)6(10)7(11,12)4(17-3)2-16-18(13,14)15/h3-6,8-12H,1-2H2,(H2,13,14,15)/t3?,4-,5?,6?/m1/s1. The number of rotatable bonds is 4. The van der Waals surface area contributed by atoms with Gasteiger partial charge in [0.05, 0.1) is 13.2 Å². The second-order valence-electron chi connectivity index (χ2n) is 3.85. The Kier molecular flexibility index (Phi) is 4.84. The summed E-state index contributed by atoms with van der Waals surface area (Å²) >= 11 is 0. The molecule has 10 nitrogen and oxygen atoms in total. The van der Waals surface area contributed by atoms with Crippen LogP contribution in [0.1, 0.15) is 0 Å². The molecular formula is C7H15O10P. The van der Waals surface area contributed by atoms with Gasteiger partial charge in [0.15, 0.2) is 0 Å². The van der Waals surface area contributed by atoms with Crippen molar-refractivity contribution in [3.63, 3.8) is 0 Å². The third-order valence-electron chi connectivity index (χ3n) is 2.53. The molecule has 11 heteroatoms. The van der Waals surface area contributed by atoms with Crippen molar-refractivity contribution in [1.82, 2.24) is 0 Å². The van der Waals surface area contributed by atoms with Crippen molar-refractivity contribution in [2.75, 3.05) is 13.2 Å². The lowest BCUT2D eigenvalue weighted by Gasteiger charge is -2.44. The molecule has 4 atom stereocenters. The minimum Gasteiger partial charge on any atom is -0.394 e. The Bertz CT molecular complexity index is 326. The first-order chi connectivity index (χ1) is 8.09. The molecule has 1 saturated heterocycles. The molecule has 18 heavy (non-hydrogen) atoms. The summed E-state index contributed by atoms with van der Waals surface area (Å²) in [7, 11) is -4.86. The number of aliphatic hydroxyl groups is 5. The smallest absolute Gasteiger partial charge is 0.394 e. The molecule has 0 aliphatic carbocycles. The molecule has 1 fully saturated rings. The molecule has 1 rings (SSSR count). The molecule has 0 radical (unpaired) electrons. The Morgan fingerprint density at radius 2 is 1.83 bits per heavy atom. The topological polar surface area (TPSA) is 177 Å². The molecular weight excluding hydrogens is 275 g/mol. The van der Waals surface area contributed by atoms with Gasteiger partial charge in [-0.25, -0.2) is 4.57 Å². The van der Waals surface area contributed by atoms with E-state index in [2.05, 4.69) is 4.52 Å². The average Bonchev–Trinajstić information content (AvgIpc) is 2.24. The lowest BCUT2D eigenvalue weighted by Crippen LogP contribution is -2.67. The molecule has 1 heterocycles. The van der Waals surface area contributed by atoms with Crippen LogP contribution in [-0.2, 0) is 13.8 Å². The monoisotopic (exact) mass is 290 g/mol. The number of phosphoric acid groups is 1. The summed E-state index contributed by atoms with van der Waals surface area (Å²) in [5.74, 6) is -2.97. The van der Waals surface area contributed by atoms with Gasteiger partial charge in [-0.05, 0) is 0 Å². The highest BCUT2D eigenvalue weighted by atomic mass is 31.2. The Morgan fingerprint density at radius 3 is 2.28 bits per heavy atom. The fraction of sp³-hybridized carbons (Fsp3) is 1.00. The highest BCUT2D eigenvalue weighted by molar-refractivity contribution is 7.46. The summed E-state index contributed by atoms with van der Waals surface area (Å²) in [5, 5.41) is 46.6. The molecule has 0 spiro atoms. The van der Waals surface area contributed by atoms with E-state index in [1.165, 1.54) is 0 Å². The molecule has 0 amide bonds. The van der Waals surface area contributed by atoms with Crippen LogP contribution in [0.3, 0.4) is 0 Å². The van der Waals surface area contributed by atoms with Gasteiger partial charge in [0.25, 0.3) is 0 Å². The van der Waals surface area contributed by atoms with Crippen molar-refractivity contribution in [2.45, 2.75) is 30.2 Å². The van der Waals surface area contributed by atoms with Gasteiger partial charge in [0.1, 0.15) is 24.4 Å². The van der Waals surface area contributed by atoms with Crippen LogP contribution in [-0.4, -0.2) is 78.7 Å². The van der Waals surface area contributed by atoms with Gasteiger partial charge in [-0.2, -0.15) is 0 Å². The number of aliphatic hydroxyl groups excluding tert-OH is 3. The summed E-state index contributed by atoms with van der Waals surface area (Å²) in [6, 6.07) is 0. The molecule has 108 valence electrons. The van der Waals surface area contributed by atoms with Crippen LogP contribution in [0.15, 0.2) is 0 Å². The molecule has 1 aliphatic rings. The zero-order chi connectivity index (χ0) is 14.1. The summed E-state index contributed by atoms with van der Waals surface area (Å²) in [6.45, 7) is -1.68. The Balaban J connectivity index is 2.79. The fourth-order valence-electron chi connectivity index (χ4n) is 1.51. The third kappa shape index (κ3) is 3.45. The number of hydrogen-bond donors (Lipinski definition) is 7. The SMILES string of the molecule is O=P(O)(O)OC[C@H]1OC(CO)C(O)C(O)C1(O)O. The van der Waals surface area contributed by atoms with E-state index >= 15 is 0 Å². The zero-order valence-electron chi connectivity index (χ0n) is 9.03. The van der Waals surface area contributed by atoms with Crippen LogP contribution in [0.5, 0.6) is 0 Å². The highest BCUT2D eigenvalue weighted by Crippen LogP contribution is 2.38. The molecule has 0 saturated carbocycles.